The number of rotatable bonds is 4. The number of carboxylic acids is 1. The minimum Gasteiger partial charge on any atom is -0.481 e. The summed E-state index contributed by atoms with van der Waals surface area (Å²) in [4.78, 5) is 37.8. The van der Waals surface area contributed by atoms with Crippen LogP contribution < -0.4 is 0 Å². The predicted molar refractivity (Wildman–Crippen MR) is 78.7 cm³/mol. The molecule has 1 saturated heterocycles. The van der Waals surface area contributed by atoms with E-state index in [0.29, 0.717) is 5.56 Å². The number of carbonyl (C=O) groups excluding carboxylic acids is 2. The van der Waals surface area contributed by atoms with Crippen LogP contribution in [-0.2, 0) is 14.4 Å². The number of likely N-dealkylation sites (tertiary alicyclic amines) is 1. The molecule has 1 N–H and O–H groups in total. The fourth-order valence-electron chi connectivity index (χ4n) is 3.69. The molecule has 3 atom stereocenters. The van der Waals surface area contributed by atoms with Crippen LogP contribution in [0, 0.1) is 11.8 Å². The van der Waals surface area contributed by atoms with E-state index in [-0.39, 0.29) is 30.1 Å². The van der Waals surface area contributed by atoms with Crippen LogP contribution in [0.1, 0.15) is 43.7 Å². The molecule has 0 spiro atoms. The van der Waals surface area contributed by atoms with Gasteiger partial charge in [0.2, 0.25) is 11.8 Å². The molecule has 0 radical (unpaired) electrons. The van der Waals surface area contributed by atoms with E-state index in [2.05, 4.69) is 0 Å². The number of carboxylic acid groups (broad SMARTS) is 1. The summed E-state index contributed by atoms with van der Waals surface area (Å²) >= 11 is 0. The van der Waals surface area contributed by atoms with Gasteiger partial charge < -0.3 is 5.11 Å². The van der Waals surface area contributed by atoms with Gasteiger partial charge in [0.1, 0.15) is 0 Å². The number of imide groups is 1. The van der Waals surface area contributed by atoms with Crippen LogP contribution in [0.3, 0.4) is 0 Å². The molecular formula is C17H19NO4. The zero-order valence-electron chi connectivity index (χ0n) is 12.3. The first-order chi connectivity index (χ1) is 10.6. The van der Waals surface area contributed by atoms with Crippen LogP contribution in [0.5, 0.6) is 0 Å². The van der Waals surface area contributed by atoms with E-state index in [0.717, 1.165) is 25.7 Å². The van der Waals surface area contributed by atoms with E-state index in [1.54, 1.807) is 24.3 Å². The molecule has 2 fully saturated rings. The third-order valence-electron chi connectivity index (χ3n) is 4.74. The van der Waals surface area contributed by atoms with E-state index in [1.807, 2.05) is 6.07 Å². The Morgan fingerprint density at radius 3 is 2.14 bits per heavy atom. The smallest absolute Gasteiger partial charge is 0.305 e. The van der Waals surface area contributed by atoms with E-state index in [9.17, 15) is 19.5 Å². The summed E-state index contributed by atoms with van der Waals surface area (Å²) in [7, 11) is 0. The van der Waals surface area contributed by atoms with Gasteiger partial charge in [-0.15, -0.1) is 0 Å². The Morgan fingerprint density at radius 2 is 1.64 bits per heavy atom. The Morgan fingerprint density at radius 1 is 1.09 bits per heavy atom. The second-order valence-corrected chi connectivity index (χ2v) is 6.07. The average Bonchev–Trinajstić information content (AvgIpc) is 2.78. The van der Waals surface area contributed by atoms with Crippen molar-refractivity contribution >= 4 is 17.8 Å². The van der Waals surface area contributed by atoms with Crippen LogP contribution in [0.2, 0.25) is 0 Å². The predicted octanol–water partition coefficient (Wildman–Crippen LogP) is 2.38. The minimum absolute atomic E-state index is 0.190. The zero-order chi connectivity index (χ0) is 15.7. The fraction of sp³-hybridized carbons (Fsp3) is 0.471. The van der Waals surface area contributed by atoms with Gasteiger partial charge in [0.05, 0.1) is 24.3 Å². The van der Waals surface area contributed by atoms with Gasteiger partial charge in [-0.3, -0.25) is 19.3 Å². The summed E-state index contributed by atoms with van der Waals surface area (Å²) in [5.41, 5.74) is 0.699. The van der Waals surface area contributed by atoms with Crippen molar-refractivity contribution in [3.8, 4) is 0 Å². The van der Waals surface area contributed by atoms with Crippen molar-refractivity contribution in [1.82, 2.24) is 4.90 Å². The van der Waals surface area contributed by atoms with E-state index in [4.69, 9.17) is 0 Å². The van der Waals surface area contributed by atoms with E-state index >= 15 is 0 Å². The average molecular weight is 301 g/mol. The monoisotopic (exact) mass is 301 g/mol. The lowest BCUT2D eigenvalue weighted by Crippen LogP contribution is -2.36. The fourth-order valence-corrected chi connectivity index (χ4v) is 3.69. The third kappa shape index (κ3) is 2.51. The van der Waals surface area contributed by atoms with E-state index in [1.165, 1.54) is 4.90 Å². The van der Waals surface area contributed by atoms with Crippen LogP contribution in [0.25, 0.3) is 0 Å². The summed E-state index contributed by atoms with van der Waals surface area (Å²) in [6.45, 7) is 0. The Labute approximate surface area is 128 Å². The minimum atomic E-state index is -1.01. The standard InChI is InChI=1S/C17H19NO4/c19-15(20)10-14(11-6-2-1-3-7-11)18-16(21)12-8-4-5-9-13(12)17(18)22/h1-3,6-7,12-14H,4-5,8-10H2,(H,19,20). The van der Waals surface area contributed by atoms with Crippen molar-refractivity contribution in [2.75, 3.05) is 0 Å². The van der Waals surface area contributed by atoms with Crippen molar-refractivity contribution < 1.29 is 19.5 Å². The van der Waals surface area contributed by atoms with Gasteiger partial charge in [0.15, 0.2) is 0 Å². The Bertz CT molecular complexity index is 574. The number of carbonyl (C=O) groups is 3. The zero-order valence-corrected chi connectivity index (χ0v) is 12.3. The highest BCUT2D eigenvalue weighted by molar-refractivity contribution is 6.05. The molecule has 1 aromatic carbocycles. The Balaban J connectivity index is 1.95. The number of hydrogen-bond acceptors (Lipinski definition) is 3. The number of hydrogen-bond donors (Lipinski definition) is 1. The largest absolute Gasteiger partial charge is 0.481 e. The van der Waals surface area contributed by atoms with Gasteiger partial charge in [-0.25, -0.2) is 0 Å². The number of fused-ring (bicyclic) bond motifs is 1. The number of amides is 2. The molecule has 1 aliphatic heterocycles. The Hall–Kier alpha value is -2.17. The maximum Gasteiger partial charge on any atom is 0.305 e. The Kier molecular flexibility index (Phi) is 3.96. The molecule has 0 aromatic heterocycles. The number of nitrogens with zero attached hydrogens (tertiary/aromatic N) is 1. The first-order valence-corrected chi connectivity index (χ1v) is 7.73. The van der Waals surface area contributed by atoms with Crippen LogP contribution in [0.15, 0.2) is 30.3 Å². The summed E-state index contributed by atoms with van der Waals surface area (Å²) in [5.74, 6) is -1.89. The SMILES string of the molecule is O=C(O)CC(c1ccccc1)N1C(=O)C2CCCCC2C1=O. The van der Waals surface area contributed by atoms with Gasteiger partial charge in [-0.2, -0.15) is 0 Å². The molecular weight excluding hydrogens is 282 g/mol. The molecule has 3 unspecified atom stereocenters. The van der Waals surface area contributed by atoms with Crippen molar-refractivity contribution in [2.45, 2.75) is 38.1 Å². The molecule has 5 nitrogen and oxygen atoms in total. The maximum absolute atomic E-state index is 12.7. The number of benzene rings is 1. The lowest BCUT2D eigenvalue weighted by molar-refractivity contribution is -0.145. The van der Waals surface area contributed by atoms with Crippen molar-refractivity contribution in [3.63, 3.8) is 0 Å². The van der Waals surface area contributed by atoms with Gasteiger partial charge in [-0.05, 0) is 18.4 Å². The second-order valence-electron chi connectivity index (χ2n) is 6.07. The third-order valence-corrected chi connectivity index (χ3v) is 4.74. The van der Waals surface area contributed by atoms with Crippen LogP contribution in [0.4, 0.5) is 0 Å². The second kappa shape index (κ2) is 5.91. The topological polar surface area (TPSA) is 74.7 Å². The maximum atomic E-state index is 12.7. The normalized spacial score (nSPS) is 25.9. The summed E-state index contributed by atoms with van der Waals surface area (Å²) in [5, 5.41) is 9.19. The van der Waals surface area contributed by atoms with Crippen molar-refractivity contribution in [1.29, 1.82) is 0 Å². The van der Waals surface area contributed by atoms with Crippen LogP contribution in [-0.4, -0.2) is 27.8 Å². The first-order valence-electron chi connectivity index (χ1n) is 7.73. The van der Waals surface area contributed by atoms with Gasteiger partial charge in [-0.1, -0.05) is 43.2 Å². The molecule has 2 amide bonds. The molecule has 3 rings (SSSR count). The quantitative estimate of drug-likeness (QED) is 0.866. The highest BCUT2D eigenvalue weighted by atomic mass is 16.4. The summed E-state index contributed by atoms with van der Waals surface area (Å²) in [6, 6.07) is 8.26. The molecule has 1 saturated carbocycles. The summed E-state index contributed by atoms with van der Waals surface area (Å²) in [6.07, 6.45) is 3.15. The molecule has 1 heterocycles. The highest BCUT2D eigenvalue weighted by Gasteiger charge is 2.50. The van der Waals surface area contributed by atoms with E-state index < -0.39 is 12.0 Å². The van der Waals surface area contributed by atoms with Crippen molar-refractivity contribution in [3.05, 3.63) is 35.9 Å². The first kappa shape index (κ1) is 14.8. The van der Waals surface area contributed by atoms with Gasteiger partial charge in [0.25, 0.3) is 0 Å². The molecule has 1 aliphatic carbocycles. The highest BCUT2D eigenvalue weighted by Crippen LogP contribution is 2.42. The molecule has 2 aliphatic rings. The lowest BCUT2D eigenvalue weighted by atomic mass is 9.81. The van der Waals surface area contributed by atoms with Crippen molar-refractivity contribution in [2.24, 2.45) is 11.8 Å². The molecule has 1 aromatic rings. The lowest BCUT2D eigenvalue weighted by Gasteiger charge is -2.26. The molecule has 5 heteroatoms. The summed E-state index contributed by atoms with van der Waals surface area (Å²) < 4.78 is 0. The number of aliphatic carboxylic acids is 1. The molecule has 116 valence electrons. The van der Waals surface area contributed by atoms with Gasteiger partial charge in [0, 0.05) is 0 Å². The molecule has 22 heavy (non-hydrogen) atoms. The van der Waals surface area contributed by atoms with Crippen LogP contribution >= 0.6 is 0 Å². The van der Waals surface area contributed by atoms with Gasteiger partial charge >= 0.3 is 5.97 Å². The molecule has 0 bridgehead atoms.